The van der Waals surface area contributed by atoms with E-state index < -0.39 is 205 Å². The molecule has 0 atom stereocenters. The van der Waals surface area contributed by atoms with Crippen LogP contribution in [0.25, 0.3) is 0 Å². The van der Waals surface area contributed by atoms with Crippen LogP contribution in [-0.4, -0.2) is 17.7 Å². The van der Waals surface area contributed by atoms with Crippen LogP contribution in [0.2, 0.25) is 0 Å². The van der Waals surface area contributed by atoms with Gasteiger partial charge in [-0.3, -0.25) is 4.79 Å². The van der Waals surface area contributed by atoms with Crippen LogP contribution in [-0.2, 0) is 63.6 Å². The van der Waals surface area contributed by atoms with Crippen LogP contribution >= 0.6 is 0 Å². The van der Waals surface area contributed by atoms with Gasteiger partial charge in [0.1, 0.15) is 6.15 Å². The maximum absolute atomic E-state index is 14.2. The van der Waals surface area contributed by atoms with Gasteiger partial charge in [0.2, 0.25) is 5.78 Å². The molecule has 7 rings (SSSR count). The van der Waals surface area contributed by atoms with Gasteiger partial charge in [-0.2, -0.15) is 127 Å². The normalized spacial score (nSPS) is 13.4. The Bertz CT molecular complexity index is 2960. The van der Waals surface area contributed by atoms with E-state index in [0.29, 0.717) is 15.4 Å². The molecule has 0 fully saturated rings. The Morgan fingerprint density at radius 3 is 0.741 bits per heavy atom. The Morgan fingerprint density at radius 2 is 0.543 bits per heavy atom. The number of Topliss-reactive ketones (excluding diaryl/α,β-unsaturated/α-hetero) is 1. The molecule has 0 aromatic heterocycles. The lowest BCUT2D eigenvalue weighted by Crippen LogP contribution is -2.75. The summed E-state index contributed by atoms with van der Waals surface area (Å²) in [7, 11) is -2.65. The summed E-state index contributed by atoms with van der Waals surface area (Å²) in [6, 6.07) is 17.1. The quantitative estimate of drug-likeness (QED) is 0.0625. The van der Waals surface area contributed by atoms with Gasteiger partial charge in [-0.15, -0.1) is 0 Å². The van der Waals surface area contributed by atoms with Crippen LogP contribution < -0.4 is 21.9 Å². The van der Waals surface area contributed by atoms with Crippen molar-refractivity contribution in [1.29, 1.82) is 0 Å². The van der Waals surface area contributed by atoms with Gasteiger partial charge in [0.15, 0.2) is 25.5 Å². The van der Waals surface area contributed by atoms with Crippen LogP contribution in [0.15, 0.2) is 168 Å². The number of hydrogen-bond acceptors (Lipinski definition) is 2. The molecule has 432 valence electrons. The number of aryl methyl sites for hydroxylation is 1. The van der Waals surface area contributed by atoms with E-state index in [1.165, 1.54) is 0 Å². The number of alkyl halides is 24. The minimum Gasteiger partial charge on any atom is -0.289 e. The lowest BCUT2D eigenvalue weighted by molar-refractivity contribution is -0.144. The molecule has 28 heteroatoms. The molecule has 0 aliphatic heterocycles. The summed E-state index contributed by atoms with van der Waals surface area (Å²) >= 11 is 0. The molecule has 0 unspecified atom stereocenters. The number of rotatable bonds is 9. The molecule has 81 heavy (non-hydrogen) atoms. The third-order valence-electron chi connectivity index (χ3n) is 12.4. The summed E-state index contributed by atoms with van der Waals surface area (Å²) in [5.41, 5.74) is -28.5. The SMILES string of the molecule is Cc1ccc(C(=O)C[S+](=O)(c2ccccc2)c2ccccc2)cc1.FC(F)(F)c1cc([B-](c2cc(C(F)(F)F)cc(C(F)(F)F)c2)(c2cc(C(F)(F)F)cc(C(F)(F)F)c2)c2cc(C(F)(F)F)cc(C(F)(F)F)c2)cc(C(F)(F)F)c1. The Morgan fingerprint density at radius 1 is 0.333 bits per heavy atom. The second-order valence-corrected chi connectivity index (χ2v) is 20.5. The highest BCUT2D eigenvalue weighted by molar-refractivity contribution is 8.03. The van der Waals surface area contributed by atoms with E-state index in [1.807, 2.05) is 79.7 Å². The predicted octanol–water partition coefficient (Wildman–Crippen LogP) is 16.0. The number of hydrogen-bond donors (Lipinski definition) is 0. The van der Waals surface area contributed by atoms with Crippen LogP contribution in [0.5, 0.6) is 0 Å². The summed E-state index contributed by atoms with van der Waals surface area (Å²) in [6.45, 7) is 1.98. The average Bonchev–Trinajstić information content (AvgIpc) is 3.11. The zero-order valence-electron chi connectivity index (χ0n) is 40.1. The lowest BCUT2D eigenvalue weighted by atomic mass is 9.12. The van der Waals surface area contributed by atoms with Crippen molar-refractivity contribution in [2.24, 2.45) is 0 Å². The molecule has 0 saturated heterocycles. The summed E-state index contributed by atoms with van der Waals surface area (Å²) in [5.74, 6) is -0.128. The second-order valence-electron chi connectivity index (χ2n) is 18.0. The Kier molecular flexibility index (Phi) is 17.0. The fourth-order valence-corrected chi connectivity index (χ4v) is 11.0. The number of carbonyl (C=O) groups is 1. The van der Waals surface area contributed by atoms with Crippen molar-refractivity contribution < 1.29 is 114 Å². The third-order valence-corrected chi connectivity index (χ3v) is 15.1. The number of halogens is 24. The van der Waals surface area contributed by atoms with Crippen molar-refractivity contribution in [3.63, 3.8) is 0 Å². The van der Waals surface area contributed by atoms with Gasteiger partial charge in [-0.1, -0.05) is 119 Å². The zero-order chi connectivity index (χ0) is 60.9. The van der Waals surface area contributed by atoms with Gasteiger partial charge in [-0.05, 0) is 55.5 Å². The zero-order valence-corrected chi connectivity index (χ0v) is 40.9. The first-order valence-electron chi connectivity index (χ1n) is 22.4. The smallest absolute Gasteiger partial charge is 0.289 e. The van der Waals surface area contributed by atoms with E-state index in [0.717, 1.165) is 5.56 Å². The Balaban J connectivity index is 0.000000363. The van der Waals surface area contributed by atoms with Crippen molar-refractivity contribution in [1.82, 2.24) is 0 Å². The third kappa shape index (κ3) is 14.3. The highest BCUT2D eigenvalue weighted by Gasteiger charge is 2.47. The highest BCUT2D eigenvalue weighted by atomic mass is 32.2. The maximum atomic E-state index is 14.2. The monoisotopic (exact) mass is 1200 g/mol. The maximum Gasteiger partial charge on any atom is 0.416 e. The van der Waals surface area contributed by atoms with Crippen LogP contribution in [0.1, 0.15) is 60.4 Å². The topological polar surface area (TPSA) is 34.1 Å². The van der Waals surface area contributed by atoms with Gasteiger partial charge in [0.05, 0.1) is 44.5 Å². The summed E-state index contributed by atoms with van der Waals surface area (Å²) < 4.78 is 355. The van der Waals surface area contributed by atoms with E-state index in [-0.39, 0.29) is 11.5 Å². The van der Waals surface area contributed by atoms with E-state index in [2.05, 4.69) is 0 Å². The van der Waals surface area contributed by atoms with Gasteiger partial charge in [-0.25, -0.2) is 0 Å². The van der Waals surface area contributed by atoms with Crippen molar-refractivity contribution in [2.45, 2.75) is 66.1 Å². The minimum atomic E-state index is -6.13. The molecule has 7 aromatic carbocycles. The van der Waals surface area contributed by atoms with Crippen LogP contribution in [0, 0.1) is 6.92 Å². The molecule has 0 amide bonds. The molecule has 0 radical (unpaired) electrons. The fraction of sp³-hybridized carbons (Fsp3) is 0.189. The van der Waals surface area contributed by atoms with Gasteiger partial charge in [0, 0.05) is 5.56 Å². The fourth-order valence-electron chi connectivity index (χ4n) is 8.66. The van der Waals surface area contributed by atoms with Crippen molar-refractivity contribution >= 4 is 43.7 Å². The predicted molar refractivity (Wildman–Crippen MR) is 248 cm³/mol. The molecule has 2 nitrogen and oxygen atoms in total. The molecule has 0 saturated carbocycles. The molecular formula is C53H31BF24O2S. The van der Waals surface area contributed by atoms with Gasteiger partial charge >= 0.3 is 49.4 Å². The first kappa shape index (κ1) is 62.9. The molecule has 0 aliphatic carbocycles. The first-order chi connectivity index (χ1) is 36.9. The Hall–Kier alpha value is -7.26. The minimum absolute atomic E-state index is 0.0237. The summed E-state index contributed by atoms with van der Waals surface area (Å²) in [5, 5.41) is 0. The molecule has 0 spiro atoms. The molecular weight excluding hydrogens is 1170 g/mol. The number of benzene rings is 7. The molecule has 7 aromatic rings. The largest absolute Gasteiger partial charge is 0.416 e. The second kappa shape index (κ2) is 21.9. The number of ketones is 1. The summed E-state index contributed by atoms with van der Waals surface area (Å²) in [6.07, 6.45) is -54.8. The molecule has 0 N–H and O–H groups in total. The first-order valence-corrected chi connectivity index (χ1v) is 24.2. The summed E-state index contributed by atoms with van der Waals surface area (Å²) in [4.78, 5) is 14.1. The highest BCUT2D eigenvalue weighted by Crippen LogP contribution is 2.42. The van der Waals surface area contributed by atoms with E-state index in [4.69, 9.17) is 0 Å². The molecule has 0 heterocycles. The Labute approximate surface area is 442 Å². The average molecular weight is 1200 g/mol. The van der Waals surface area contributed by atoms with E-state index >= 15 is 0 Å². The van der Waals surface area contributed by atoms with E-state index in [9.17, 15) is 114 Å². The molecule has 0 bridgehead atoms. The van der Waals surface area contributed by atoms with E-state index in [1.54, 1.807) is 12.1 Å². The van der Waals surface area contributed by atoms with Crippen molar-refractivity contribution in [3.8, 4) is 0 Å². The van der Waals surface area contributed by atoms with Crippen LogP contribution in [0.3, 0.4) is 0 Å². The standard InChI is InChI=1S/C32H12BF24.C21H19O2S/c34-25(35,36)13-1-14(26(37,38)39)6-21(5-13)33(22-7-15(27(40,41)42)2-16(8-22)28(43,44)45,23-9-17(29(46,47)48)3-18(10-23)30(49,50)51)24-11-19(31(52,53)54)4-20(12-24)32(55,56)57;1-17-12-14-18(15-13-17)21(22)16-24(23,19-8-4-2-5-9-19)20-10-6-3-7-11-20/h1-12H;2-15H,16H2,1H3/q-1;+1. The van der Waals surface area contributed by atoms with Gasteiger partial charge in [0.25, 0.3) is 0 Å². The van der Waals surface area contributed by atoms with Crippen LogP contribution in [0.4, 0.5) is 105 Å². The lowest BCUT2D eigenvalue weighted by Gasteiger charge is -2.46. The number of carbonyl (C=O) groups excluding carboxylic acids is 1. The van der Waals surface area contributed by atoms with Gasteiger partial charge < -0.3 is 0 Å². The van der Waals surface area contributed by atoms with Crippen molar-refractivity contribution in [2.75, 3.05) is 5.75 Å². The molecule has 0 aliphatic rings. The van der Waals surface area contributed by atoms with Crippen molar-refractivity contribution in [3.05, 3.63) is 213 Å².